The van der Waals surface area contributed by atoms with Gasteiger partial charge in [0.05, 0.1) is 22.2 Å². The molecule has 0 saturated heterocycles. The molecule has 0 bridgehead atoms. The molecule has 0 aliphatic carbocycles. The van der Waals surface area contributed by atoms with Gasteiger partial charge in [-0.3, -0.25) is 5.43 Å². The minimum Gasteiger partial charge on any atom is -0.256 e. The highest BCUT2D eigenvalue weighted by Crippen LogP contribution is 2.15. The molecule has 1 aliphatic heterocycles. The van der Waals surface area contributed by atoms with E-state index in [4.69, 9.17) is 0 Å². The van der Waals surface area contributed by atoms with Gasteiger partial charge >= 0.3 is 0 Å². The van der Waals surface area contributed by atoms with Gasteiger partial charge in [0, 0.05) is 0 Å². The zero-order valence-electron chi connectivity index (χ0n) is 9.57. The Balaban J connectivity index is 2.36. The summed E-state index contributed by atoms with van der Waals surface area (Å²) in [5.74, 6) is 0. The van der Waals surface area contributed by atoms with Crippen molar-refractivity contribution in [3.05, 3.63) is 41.4 Å². The maximum Gasteiger partial charge on any atom is 0.201 e. The summed E-state index contributed by atoms with van der Waals surface area (Å²) < 4.78 is 24.1. The summed E-state index contributed by atoms with van der Waals surface area (Å²) in [6, 6.07) is 8.22. The van der Waals surface area contributed by atoms with Crippen molar-refractivity contribution in [3.8, 4) is 0 Å². The smallest absolute Gasteiger partial charge is 0.201 e. The highest BCUT2D eigenvalue weighted by Gasteiger charge is 2.13. The molecule has 2 rings (SSSR count). The quantitative estimate of drug-likeness (QED) is 0.894. The van der Waals surface area contributed by atoms with Crippen LogP contribution in [-0.2, 0) is 9.84 Å². The summed E-state index contributed by atoms with van der Waals surface area (Å²) in [4.78, 5) is 4.35. The average Bonchev–Trinajstić information content (AvgIpc) is 2.39. The molecule has 0 spiro atoms. The lowest BCUT2D eigenvalue weighted by Gasteiger charge is -2.07. The van der Waals surface area contributed by atoms with Crippen LogP contribution in [0.5, 0.6) is 0 Å². The van der Waals surface area contributed by atoms with E-state index in [0.29, 0.717) is 10.9 Å². The fourth-order valence-electron chi connectivity index (χ4n) is 1.31. The number of thioether (sulfide) groups is 1. The van der Waals surface area contributed by atoms with Crippen LogP contribution in [-0.4, -0.2) is 26.1 Å². The molecule has 0 unspecified atom stereocenters. The van der Waals surface area contributed by atoms with E-state index < -0.39 is 9.84 Å². The number of nitrogens with zero attached hydrogens (tertiary/aromatic N) is 2. The zero-order chi connectivity index (χ0) is 13.0. The van der Waals surface area contributed by atoms with Crippen molar-refractivity contribution in [1.82, 2.24) is 5.43 Å². The Hall–Kier alpha value is -1.60. The first-order chi connectivity index (χ1) is 8.62. The number of nitrogens with one attached hydrogen (secondary N) is 1. The van der Waals surface area contributed by atoms with Gasteiger partial charge in [-0.2, -0.15) is 5.10 Å². The third-order valence-electron chi connectivity index (χ3n) is 2.13. The predicted molar refractivity (Wildman–Crippen MR) is 74.3 cm³/mol. The molecule has 18 heavy (non-hydrogen) atoms. The van der Waals surface area contributed by atoms with Crippen LogP contribution in [0.2, 0.25) is 0 Å². The number of hydrogen-bond acceptors (Lipinski definition) is 6. The number of rotatable bonds is 2. The van der Waals surface area contributed by atoms with Gasteiger partial charge in [0.25, 0.3) is 0 Å². The number of hydrogen-bond donors (Lipinski definition) is 1. The SMILES string of the molecule is CSC1=NC(=CS(=O)(=O)c2ccccc2)C=NN1. The Morgan fingerprint density at radius 3 is 2.67 bits per heavy atom. The van der Waals surface area contributed by atoms with Gasteiger partial charge in [-0.25, -0.2) is 13.4 Å². The molecule has 94 valence electrons. The van der Waals surface area contributed by atoms with Crippen molar-refractivity contribution in [2.45, 2.75) is 4.90 Å². The minimum absolute atomic E-state index is 0.241. The largest absolute Gasteiger partial charge is 0.256 e. The van der Waals surface area contributed by atoms with Crippen molar-refractivity contribution >= 4 is 33.0 Å². The molecule has 0 amide bonds. The van der Waals surface area contributed by atoms with Crippen LogP contribution in [0.25, 0.3) is 0 Å². The third-order valence-corrected chi connectivity index (χ3v) is 4.18. The maximum absolute atomic E-state index is 12.1. The lowest BCUT2D eigenvalue weighted by atomic mass is 10.4. The molecule has 0 fully saturated rings. The van der Waals surface area contributed by atoms with Crippen molar-refractivity contribution < 1.29 is 8.42 Å². The van der Waals surface area contributed by atoms with Gasteiger partial charge in [0.1, 0.15) is 0 Å². The van der Waals surface area contributed by atoms with Crippen LogP contribution in [0.15, 0.2) is 56.4 Å². The average molecular weight is 281 g/mol. The van der Waals surface area contributed by atoms with Crippen molar-refractivity contribution in [1.29, 1.82) is 0 Å². The summed E-state index contributed by atoms with van der Waals surface area (Å²) in [5, 5.41) is 5.51. The van der Waals surface area contributed by atoms with E-state index in [0.717, 1.165) is 5.41 Å². The van der Waals surface area contributed by atoms with Crippen molar-refractivity contribution in [2.75, 3.05) is 6.26 Å². The topological polar surface area (TPSA) is 70.9 Å². The molecule has 1 aromatic rings. The molecule has 1 N–H and O–H groups in total. The molecule has 1 heterocycles. The van der Waals surface area contributed by atoms with E-state index in [-0.39, 0.29) is 4.90 Å². The van der Waals surface area contributed by atoms with E-state index >= 15 is 0 Å². The van der Waals surface area contributed by atoms with Gasteiger partial charge < -0.3 is 0 Å². The number of amidine groups is 1. The number of benzene rings is 1. The number of allylic oxidation sites excluding steroid dienone is 1. The first-order valence-corrected chi connectivity index (χ1v) is 7.82. The van der Waals surface area contributed by atoms with E-state index in [2.05, 4.69) is 15.5 Å². The van der Waals surface area contributed by atoms with Crippen LogP contribution in [0.3, 0.4) is 0 Å². The van der Waals surface area contributed by atoms with Crippen LogP contribution in [0, 0.1) is 0 Å². The van der Waals surface area contributed by atoms with Crippen LogP contribution < -0.4 is 5.43 Å². The Bertz CT molecular complexity index is 619. The van der Waals surface area contributed by atoms with Gasteiger partial charge in [0.2, 0.25) is 9.84 Å². The number of hydrazone groups is 1. The lowest BCUT2D eigenvalue weighted by Crippen LogP contribution is -2.18. The first-order valence-electron chi connectivity index (χ1n) is 5.05. The Labute approximate surface area is 110 Å². The second-order valence-electron chi connectivity index (χ2n) is 3.39. The van der Waals surface area contributed by atoms with Gasteiger partial charge in [-0.05, 0) is 18.4 Å². The van der Waals surface area contributed by atoms with Crippen molar-refractivity contribution in [2.24, 2.45) is 10.1 Å². The molecule has 0 atom stereocenters. The van der Waals surface area contributed by atoms with Crippen LogP contribution in [0.4, 0.5) is 0 Å². The second kappa shape index (κ2) is 5.36. The van der Waals surface area contributed by atoms with E-state index in [1.165, 1.54) is 18.0 Å². The molecule has 0 aromatic heterocycles. The minimum atomic E-state index is -3.49. The Kier molecular flexibility index (Phi) is 3.83. The molecule has 0 saturated carbocycles. The monoisotopic (exact) mass is 281 g/mol. The van der Waals surface area contributed by atoms with Gasteiger partial charge in [-0.15, -0.1) is 0 Å². The molecular weight excluding hydrogens is 270 g/mol. The summed E-state index contributed by atoms with van der Waals surface area (Å²) in [7, 11) is -3.49. The summed E-state index contributed by atoms with van der Waals surface area (Å²) in [6.45, 7) is 0. The molecular formula is C11H11N3O2S2. The van der Waals surface area contributed by atoms with Crippen molar-refractivity contribution in [3.63, 3.8) is 0 Å². The Morgan fingerprint density at radius 1 is 1.28 bits per heavy atom. The maximum atomic E-state index is 12.1. The van der Waals surface area contributed by atoms with E-state index in [1.54, 1.807) is 30.3 Å². The zero-order valence-corrected chi connectivity index (χ0v) is 11.2. The standard InChI is InChI=1S/C11H11N3O2S2/c1-17-11-13-9(7-12-14-11)8-18(15,16)10-5-3-2-4-6-10/h2-8H,1H3,(H,13,14). The number of aliphatic imine (C=N–C) groups is 1. The molecule has 5 nitrogen and oxygen atoms in total. The van der Waals surface area contributed by atoms with E-state index in [1.807, 2.05) is 6.26 Å². The van der Waals surface area contributed by atoms with Crippen LogP contribution in [0.1, 0.15) is 0 Å². The molecule has 1 aromatic carbocycles. The summed E-state index contributed by atoms with van der Waals surface area (Å²) in [5.41, 5.74) is 2.98. The fourth-order valence-corrected chi connectivity index (χ4v) is 2.75. The second-order valence-corrected chi connectivity index (χ2v) is 5.98. The molecule has 0 radical (unpaired) electrons. The summed E-state index contributed by atoms with van der Waals surface area (Å²) >= 11 is 1.36. The van der Waals surface area contributed by atoms with Gasteiger partial charge in [0.15, 0.2) is 5.17 Å². The third kappa shape index (κ3) is 2.99. The first kappa shape index (κ1) is 12.8. The highest BCUT2D eigenvalue weighted by atomic mass is 32.2. The lowest BCUT2D eigenvalue weighted by molar-refractivity contribution is 0.604. The van der Waals surface area contributed by atoms with Crippen LogP contribution >= 0.6 is 11.8 Å². The predicted octanol–water partition coefficient (Wildman–Crippen LogP) is 1.61. The number of sulfone groups is 1. The molecule has 1 aliphatic rings. The normalized spacial score (nSPS) is 17.4. The summed E-state index contributed by atoms with van der Waals surface area (Å²) in [6.07, 6.45) is 3.20. The van der Waals surface area contributed by atoms with Gasteiger partial charge in [-0.1, -0.05) is 30.0 Å². The van der Waals surface area contributed by atoms with E-state index in [9.17, 15) is 8.42 Å². The Morgan fingerprint density at radius 2 is 2.00 bits per heavy atom. The highest BCUT2D eigenvalue weighted by molar-refractivity contribution is 8.13. The molecule has 7 heteroatoms. The fraction of sp³-hybridized carbons (Fsp3) is 0.0909.